The van der Waals surface area contributed by atoms with Gasteiger partial charge in [0.05, 0.1) is 6.26 Å². The smallest absolute Gasteiger partial charge is 0.197 e. The van der Waals surface area contributed by atoms with Crippen LogP contribution in [0.15, 0.2) is 16.7 Å². The Balaban J connectivity index is 1.98. The normalized spacial score (nSPS) is 19.0. The first-order valence-electron chi connectivity index (χ1n) is 7.27. The summed E-state index contributed by atoms with van der Waals surface area (Å²) in [6.07, 6.45) is 11.0. The Morgan fingerprint density at radius 3 is 2.78 bits per heavy atom. The molecule has 1 unspecified atom stereocenters. The van der Waals surface area contributed by atoms with Crippen LogP contribution in [0.3, 0.4) is 0 Å². The molecule has 1 aliphatic rings. The Hall–Kier alpha value is -0.470. The van der Waals surface area contributed by atoms with Crippen molar-refractivity contribution in [2.45, 2.75) is 57.9 Å². The molecule has 1 saturated carbocycles. The summed E-state index contributed by atoms with van der Waals surface area (Å²) in [7, 11) is 0. The highest BCUT2D eigenvalue weighted by molar-refractivity contribution is 6.29. The van der Waals surface area contributed by atoms with Crippen molar-refractivity contribution in [3.8, 4) is 0 Å². The molecule has 0 bridgehead atoms. The van der Waals surface area contributed by atoms with Gasteiger partial charge in [-0.1, -0.05) is 39.0 Å². The fourth-order valence-electron chi connectivity index (χ4n) is 2.95. The molecular weight excluding hydrogens is 246 g/mol. The average Bonchev–Trinajstić information content (AvgIpc) is 2.82. The molecule has 1 fully saturated rings. The van der Waals surface area contributed by atoms with Gasteiger partial charge in [0.25, 0.3) is 0 Å². The number of nitrogens with one attached hydrogen (secondary N) is 1. The standard InChI is InChI=1S/C15H24ClNO/c1-2-9-17-14(13-8-10-18-15(13)16)11-12-6-4-3-5-7-12/h8,10,12,14,17H,2-7,9,11H2,1H3. The predicted molar refractivity (Wildman–Crippen MR) is 75.9 cm³/mol. The predicted octanol–water partition coefficient (Wildman–Crippen LogP) is 4.94. The van der Waals surface area contributed by atoms with Gasteiger partial charge in [0.1, 0.15) is 0 Å². The summed E-state index contributed by atoms with van der Waals surface area (Å²) in [5, 5.41) is 4.17. The van der Waals surface area contributed by atoms with Gasteiger partial charge in [-0.3, -0.25) is 0 Å². The lowest BCUT2D eigenvalue weighted by molar-refractivity contribution is 0.299. The van der Waals surface area contributed by atoms with Gasteiger partial charge in [-0.25, -0.2) is 0 Å². The Kier molecular flexibility index (Phi) is 5.58. The maximum Gasteiger partial charge on any atom is 0.197 e. The molecule has 18 heavy (non-hydrogen) atoms. The molecule has 102 valence electrons. The summed E-state index contributed by atoms with van der Waals surface area (Å²) < 4.78 is 5.24. The van der Waals surface area contributed by atoms with E-state index in [4.69, 9.17) is 16.0 Å². The van der Waals surface area contributed by atoms with Crippen molar-refractivity contribution >= 4 is 11.6 Å². The first-order valence-corrected chi connectivity index (χ1v) is 7.65. The summed E-state index contributed by atoms with van der Waals surface area (Å²) >= 11 is 6.12. The van der Waals surface area contributed by atoms with Crippen LogP contribution in [0.4, 0.5) is 0 Å². The van der Waals surface area contributed by atoms with Gasteiger partial charge >= 0.3 is 0 Å². The highest BCUT2D eigenvalue weighted by atomic mass is 35.5. The molecule has 0 aromatic carbocycles. The molecule has 0 aliphatic heterocycles. The van der Waals surface area contributed by atoms with Crippen LogP contribution < -0.4 is 5.32 Å². The molecule has 0 spiro atoms. The maximum absolute atomic E-state index is 6.12. The van der Waals surface area contributed by atoms with E-state index in [2.05, 4.69) is 12.2 Å². The van der Waals surface area contributed by atoms with E-state index >= 15 is 0 Å². The molecule has 1 aliphatic carbocycles. The van der Waals surface area contributed by atoms with Crippen molar-refractivity contribution < 1.29 is 4.42 Å². The number of hydrogen-bond acceptors (Lipinski definition) is 2. The Morgan fingerprint density at radius 2 is 2.17 bits per heavy atom. The average molecular weight is 270 g/mol. The molecule has 0 amide bonds. The van der Waals surface area contributed by atoms with E-state index in [-0.39, 0.29) is 0 Å². The van der Waals surface area contributed by atoms with Crippen LogP contribution in [0.1, 0.15) is 63.5 Å². The largest absolute Gasteiger partial charge is 0.453 e. The van der Waals surface area contributed by atoms with E-state index in [0.717, 1.165) is 24.4 Å². The van der Waals surface area contributed by atoms with E-state index in [0.29, 0.717) is 11.3 Å². The third kappa shape index (κ3) is 3.76. The second kappa shape index (κ2) is 7.20. The number of furan rings is 1. The number of halogens is 1. The molecule has 2 rings (SSSR count). The molecule has 0 saturated heterocycles. The van der Waals surface area contributed by atoms with Crippen LogP contribution in [0.25, 0.3) is 0 Å². The topological polar surface area (TPSA) is 25.2 Å². The molecule has 1 aromatic heterocycles. The third-order valence-electron chi connectivity index (χ3n) is 3.96. The van der Waals surface area contributed by atoms with E-state index in [1.165, 1.54) is 38.5 Å². The van der Waals surface area contributed by atoms with E-state index < -0.39 is 0 Å². The summed E-state index contributed by atoms with van der Waals surface area (Å²) in [6, 6.07) is 2.37. The molecule has 1 aromatic rings. The second-order valence-electron chi connectivity index (χ2n) is 5.40. The van der Waals surface area contributed by atoms with Gasteiger partial charge in [0.2, 0.25) is 0 Å². The van der Waals surface area contributed by atoms with Crippen molar-refractivity contribution in [3.63, 3.8) is 0 Å². The molecule has 1 N–H and O–H groups in total. The van der Waals surface area contributed by atoms with Gasteiger partial charge in [0.15, 0.2) is 5.22 Å². The monoisotopic (exact) mass is 269 g/mol. The quantitative estimate of drug-likeness (QED) is 0.791. The van der Waals surface area contributed by atoms with Crippen LogP contribution in [-0.2, 0) is 0 Å². The van der Waals surface area contributed by atoms with Gasteiger partial charge in [-0.15, -0.1) is 0 Å². The maximum atomic E-state index is 6.12. The molecule has 2 nitrogen and oxygen atoms in total. The lowest BCUT2D eigenvalue weighted by atomic mass is 9.83. The Morgan fingerprint density at radius 1 is 1.39 bits per heavy atom. The SMILES string of the molecule is CCCNC(CC1CCCCC1)c1ccoc1Cl. The Bertz CT molecular complexity index is 344. The minimum absolute atomic E-state index is 0.360. The number of hydrogen-bond donors (Lipinski definition) is 1. The van der Waals surface area contributed by atoms with E-state index in [1.54, 1.807) is 6.26 Å². The van der Waals surface area contributed by atoms with E-state index in [9.17, 15) is 0 Å². The lowest BCUT2D eigenvalue weighted by Gasteiger charge is -2.27. The van der Waals surface area contributed by atoms with Crippen LogP contribution >= 0.6 is 11.6 Å². The van der Waals surface area contributed by atoms with Crippen molar-refractivity contribution in [1.82, 2.24) is 5.32 Å². The first-order chi connectivity index (χ1) is 8.81. The van der Waals surface area contributed by atoms with Crippen molar-refractivity contribution in [2.75, 3.05) is 6.54 Å². The van der Waals surface area contributed by atoms with Gasteiger partial charge < -0.3 is 9.73 Å². The molecule has 0 radical (unpaired) electrons. The third-order valence-corrected chi connectivity index (χ3v) is 4.26. The zero-order valence-electron chi connectivity index (χ0n) is 11.3. The summed E-state index contributed by atoms with van der Waals surface area (Å²) in [4.78, 5) is 0. The first kappa shape index (κ1) is 14.0. The molecule has 1 atom stereocenters. The van der Waals surface area contributed by atoms with Crippen LogP contribution in [0.5, 0.6) is 0 Å². The lowest BCUT2D eigenvalue weighted by Crippen LogP contribution is -2.25. The van der Waals surface area contributed by atoms with Gasteiger partial charge in [-0.05, 0) is 43.0 Å². The van der Waals surface area contributed by atoms with Gasteiger partial charge in [-0.2, -0.15) is 0 Å². The molecule has 3 heteroatoms. The van der Waals surface area contributed by atoms with Crippen LogP contribution in [0, 0.1) is 5.92 Å². The minimum atomic E-state index is 0.360. The number of rotatable bonds is 6. The summed E-state index contributed by atoms with van der Waals surface area (Å²) in [5.74, 6) is 0.846. The highest BCUT2D eigenvalue weighted by Gasteiger charge is 2.22. The van der Waals surface area contributed by atoms with Crippen molar-refractivity contribution in [3.05, 3.63) is 23.1 Å². The Labute approximate surface area is 115 Å². The minimum Gasteiger partial charge on any atom is -0.453 e. The second-order valence-corrected chi connectivity index (χ2v) is 5.74. The fourth-order valence-corrected chi connectivity index (χ4v) is 3.19. The summed E-state index contributed by atoms with van der Waals surface area (Å²) in [6.45, 7) is 3.24. The summed E-state index contributed by atoms with van der Waals surface area (Å²) in [5.41, 5.74) is 1.13. The fraction of sp³-hybridized carbons (Fsp3) is 0.733. The van der Waals surface area contributed by atoms with Crippen LogP contribution in [0.2, 0.25) is 5.22 Å². The van der Waals surface area contributed by atoms with Crippen LogP contribution in [-0.4, -0.2) is 6.54 Å². The van der Waals surface area contributed by atoms with Crippen molar-refractivity contribution in [2.24, 2.45) is 5.92 Å². The molecular formula is C15H24ClNO. The van der Waals surface area contributed by atoms with E-state index in [1.807, 2.05) is 6.07 Å². The highest BCUT2D eigenvalue weighted by Crippen LogP contribution is 2.34. The van der Waals surface area contributed by atoms with Gasteiger partial charge in [0, 0.05) is 11.6 Å². The van der Waals surface area contributed by atoms with Crippen molar-refractivity contribution in [1.29, 1.82) is 0 Å². The zero-order chi connectivity index (χ0) is 12.8. The molecule has 1 heterocycles. The zero-order valence-corrected chi connectivity index (χ0v) is 12.0.